The highest BCUT2D eigenvalue weighted by Gasteiger charge is 2.14. The van der Waals surface area contributed by atoms with Gasteiger partial charge in [0.05, 0.1) is 13.5 Å². The number of benzene rings is 2. The van der Waals surface area contributed by atoms with E-state index in [1.54, 1.807) is 25.3 Å². The van der Waals surface area contributed by atoms with Gasteiger partial charge in [-0.25, -0.2) is 0 Å². The maximum Gasteiger partial charge on any atom is 0.310 e. The van der Waals surface area contributed by atoms with Gasteiger partial charge in [-0.2, -0.15) is 0 Å². The topological polar surface area (TPSA) is 83.1 Å². The fourth-order valence-electron chi connectivity index (χ4n) is 2.56. The molecular formula is C20H21NO6. The Morgan fingerprint density at radius 1 is 1.00 bits per heavy atom. The fourth-order valence-corrected chi connectivity index (χ4v) is 2.56. The lowest BCUT2D eigenvalue weighted by Gasteiger charge is -2.18. The van der Waals surface area contributed by atoms with Crippen molar-refractivity contribution in [1.29, 1.82) is 0 Å². The number of methoxy groups -OCH3 is 1. The van der Waals surface area contributed by atoms with Gasteiger partial charge in [0.25, 0.3) is 5.91 Å². The average Bonchev–Trinajstić information content (AvgIpc) is 2.71. The van der Waals surface area contributed by atoms with Gasteiger partial charge in [-0.15, -0.1) is 0 Å². The molecule has 2 aromatic rings. The van der Waals surface area contributed by atoms with Gasteiger partial charge in [0.1, 0.15) is 19.0 Å². The second-order valence-corrected chi connectivity index (χ2v) is 5.94. The zero-order valence-corrected chi connectivity index (χ0v) is 15.0. The van der Waals surface area contributed by atoms with E-state index in [2.05, 4.69) is 5.32 Å². The van der Waals surface area contributed by atoms with Gasteiger partial charge in [-0.3, -0.25) is 9.59 Å². The number of amides is 1. The van der Waals surface area contributed by atoms with Gasteiger partial charge in [-0.1, -0.05) is 18.2 Å². The highest BCUT2D eigenvalue weighted by atomic mass is 16.6. The number of carbonyl (C=O) groups is 2. The van der Waals surface area contributed by atoms with Gasteiger partial charge in [0.2, 0.25) is 0 Å². The molecule has 1 aliphatic rings. The van der Waals surface area contributed by atoms with Crippen LogP contribution in [-0.2, 0) is 27.3 Å². The smallest absolute Gasteiger partial charge is 0.310 e. The lowest BCUT2D eigenvalue weighted by atomic mass is 10.1. The maximum atomic E-state index is 11.9. The molecule has 2 aromatic carbocycles. The van der Waals surface area contributed by atoms with E-state index < -0.39 is 5.97 Å². The average molecular weight is 371 g/mol. The molecule has 1 N–H and O–H groups in total. The van der Waals surface area contributed by atoms with Gasteiger partial charge in [-0.05, 0) is 35.4 Å². The molecule has 0 aromatic heterocycles. The van der Waals surface area contributed by atoms with Crippen LogP contribution in [0.1, 0.15) is 11.1 Å². The number of ether oxygens (including phenoxy) is 4. The Morgan fingerprint density at radius 2 is 1.70 bits per heavy atom. The van der Waals surface area contributed by atoms with Crippen molar-refractivity contribution in [2.75, 3.05) is 26.9 Å². The molecule has 0 saturated carbocycles. The third-order valence-corrected chi connectivity index (χ3v) is 3.97. The van der Waals surface area contributed by atoms with E-state index in [1.807, 2.05) is 24.3 Å². The van der Waals surface area contributed by atoms with Crippen LogP contribution in [0.25, 0.3) is 0 Å². The molecule has 0 aliphatic carbocycles. The standard InChI is InChI=1S/C20H21NO6/c1-24-16-5-2-14(3-6-16)12-21-19(22)13-27-20(23)11-15-4-7-17-18(10-15)26-9-8-25-17/h2-7,10H,8-9,11-13H2,1H3,(H,21,22). The molecule has 0 saturated heterocycles. The number of hydrogen-bond donors (Lipinski definition) is 1. The largest absolute Gasteiger partial charge is 0.497 e. The van der Waals surface area contributed by atoms with E-state index in [9.17, 15) is 9.59 Å². The molecule has 27 heavy (non-hydrogen) atoms. The van der Waals surface area contributed by atoms with Gasteiger partial charge >= 0.3 is 5.97 Å². The van der Waals surface area contributed by atoms with E-state index in [0.717, 1.165) is 16.9 Å². The van der Waals surface area contributed by atoms with Crippen molar-refractivity contribution in [1.82, 2.24) is 5.32 Å². The molecule has 142 valence electrons. The second-order valence-electron chi connectivity index (χ2n) is 5.94. The lowest BCUT2D eigenvalue weighted by Crippen LogP contribution is -2.28. The first-order chi connectivity index (χ1) is 13.1. The molecule has 1 heterocycles. The Hall–Kier alpha value is -3.22. The molecule has 0 spiro atoms. The Balaban J connectivity index is 1.41. The molecular weight excluding hydrogens is 350 g/mol. The van der Waals surface area contributed by atoms with E-state index in [0.29, 0.717) is 31.3 Å². The summed E-state index contributed by atoms with van der Waals surface area (Å²) in [5.74, 6) is 1.19. The van der Waals surface area contributed by atoms with Crippen LogP contribution in [0.3, 0.4) is 0 Å². The van der Waals surface area contributed by atoms with Crippen LogP contribution in [-0.4, -0.2) is 38.8 Å². The molecule has 0 atom stereocenters. The predicted octanol–water partition coefficient (Wildman–Crippen LogP) is 1.87. The zero-order chi connectivity index (χ0) is 19.1. The van der Waals surface area contributed by atoms with Gasteiger partial charge in [0.15, 0.2) is 18.1 Å². The third-order valence-electron chi connectivity index (χ3n) is 3.97. The number of esters is 1. The zero-order valence-electron chi connectivity index (χ0n) is 15.0. The molecule has 7 heteroatoms. The summed E-state index contributed by atoms with van der Waals surface area (Å²) in [6.07, 6.45) is 0.0579. The maximum absolute atomic E-state index is 11.9. The molecule has 1 aliphatic heterocycles. The Labute approximate surface area is 157 Å². The molecule has 0 bridgehead atoms. The van der Waals surface area contributed by atoms with Crippen LogP contribution in [0.15, 0.2) is 42.5 Å². The fraction of sp³-hybridized carbons (Fsp3) is 0.300. The minimum atomic E-state index is -0.480. The molecule has 0 fully saturated rings. The van der Waals surface area contributed by atoms with Crippen LogP contribution >= 0.6 is 0 Å². The van der Waals surface area contributed by atoms with Crippen LogP contribution < -0.4 is 19.5 Å². The van der Waals surface area contributed by atoms with Gasteiger partial charge < -0.3 is 24.3 Å². The molecule has 0 unspecified atom stereocenters. The Bertz CT molecular complexity index is 803. The van der Waals surface area contributed by atoms with Crippen LogP contribution in [0, 0.1) is 0 Å². The van der Waals surface area contributed by atoms with E-state index in [-0.39, 0.29) is 18.9 Å². The first-order valence-corrected chi connectivity index (χ1v) is 8.58. The summed E-state index contributed by atoms with van der Waals surface area (Å²) in [6, 6.07) is 12.6. The number of carbonyl (C=O) groups excluding carboxylic acids is 2. The van der Waals surface area contributed by atoms with Crippen LogP contribution in [0.4, 0.5) is 0 Å². The van der Waals surface area contributed by atoms with Crippen molar-refractivity contribution < 1.29 is 28.5 Å². The second kappa shape index (κ2) is 8.93. The molecule has 7 nitrogen and oxygen atoms in total. The van der Waals surface area contributed by atoms with Gasteiger partial charge in [0, 0.05) is 6.54 Å². The SMILES string of the molecule is COc1ccc(CNC(=O)COC(=O)Cc2ccc3c(c2)OCCO3)cc1. The third kappa shape index (κ3) is 5.37. The summed E-state index contributed by atoms with van der Waals surface area (Å²) in [5.41, 5.74) is 1.66. The summed E-state index contributed by atoms with van der Waals surface area (Å²) >= 11 is 0. The molecule has 3 rings (SSSR count). The molecule has 1 amide bonds. The summed E-state index contributed by atoms with van der Waals surface area (Å²) in [6.45, 7) is 1.03. The minimum Gasteiger partial charge on any atom is -0.497 e. The van der Waals surface area contributed by atoms with Crippen molar-refractivity contribution in [2.45, 2.75) is 13.0 Å². The first-order valence-electron chi connectivity index (χ1n) is 8.58. The van der Waals surface area contributed by atoms with E-state index >= 15 is 0 Å². The Morgan fingerprint density at radius 3 is 2.44 bits per heavy atom. The summed E-state index contributed by atoms with van der Waals surface area (Å²) in [4.78, 5) is 23.8. The van der Waals surface area contributed by atoms with Crippen LogP contribution in [0.5, 0.6) is 17.2 Å². The number of fused-ring (bicyclic) bond motifs is 1. The quantitative estimate of drug-likeness (QED) is 0.748. The number of nitrogens with one attached hydrogen (secondary N) is 1. The number of hydrogen-bond acceptors (Lipinski definition) is 6. The number of rotatable bonds is 7. The van der Waals surface area contributed by atoms with Crippen molar-refractivity contribution in [3.63, 3.8) is 0 Å². The predicted molar refractivity (Wildman–Crippen MR) is 96.9 cm³/mol. The molecule has 0 radical (unpaired) electrons. The first kappa shape index (κ1) is 18.6. The van der Waals surface area contributed by atoms with E-state index in [4.69, 9.17) is 18.9 Å². The highest BCUT2D eigenvalue weighted by Crippen LogP contribution is 2.30. The van der Waals surface area contributed by atoms with Crippen molar-refractivity contribution in [2.24, 2.45) is 0 Å². The monoisotopic (exact) mass is 371 g/mol. The highest BCUT2D eigenvalue weighted by molar-refractivity contribution is 5.81. The summed E-state index contributed by atoms with van der Waals surface area (Å²) in [5, 5.41) is 2.70. The van der Waals surface area contributed by atoms with E-state index in [1.165, 1.54) is 0 Å². The normalized spacial score (nSPS) is 12.2. The minimum absolute atomic E-state index is 0.0579. The van der Waals surface area contributed by atoms with Crippen LogP contribution in [0.2, 0.25) is 0 Å². The Kier molecular flexibility index (Phi) is 6.14. The van der Waals surface area contributed by atoms with Crippen molar-refractivity contribution in [3.8, 4) is 17.2 Å². The van der Waals surface area contributed by atoms with Crippen molar-refractivity contribution >= 4 is 11.9 Å². The van der Waals surface area contributed by atoms with Crippen molar-refractivity contribution in [3.05, 3.63) is 53.6 Å². The summed E-state index contributed by atoms with van der Waals surface area (Å²) < 4.78 is 21.0. The summed E-state index contributed by atoms with van der Waals surface area (Å²) in [7, 11) is 1.59. The lowest BCUT2D eigenvalue weighted by molar-refractivity contribution is -0.147.